The second kappa shape index (κ2) is 7.86. The minimum atomic E-state index is -3.66. The van der Waals surface area contributed by atoms with Crippen molar-refractivity contribution in [1.82, 2.24) is 10.0 Å². The summed E-state index contributed by atoms with van der Waals surface area (Å²) in [7, 11) is -3.66. The van der Waals surface area contributed by atoms with Gasteiger partial charge in [0.05, 0.1) is 9.82 Å². The number of sulfonamides is 1. The summed E-state index contributed by atoms with van der Waals surface area (Å²) >= 11 is 0. The molecule has 0 heterocycles. The maximum atomic E-state index is 12.1. The molecule has 0 saturated heterocycles. The predicted octanol–water partition coefficient (Wildman–Crippen LogP) is 1.61. The lowest BCUT2D eigenvalue weighted by atomic mass is 10.1. The van der Waals surface area contributed by atoms with E-state index in [1.807, 2.05) is 0 Å². The van der Waals surface area contributed by atoms with Crippen LogP contribution in [0.25, 0.3) is 0 Å². The predicted molar refractivity (Wildman–Crippen MR) is 91.8 cm³/mol. The van der Waals surface area contributed by atoms with Crippen LogP contribution in [-0.2, 0) is 10.0 Å². The van der Waals surface area contributed by atoms with Gasteiger partial charge in [-0.1, -0.05) is 30.3 Å². The van der Waals surface area contributed by atoms with Gasteiger partial charge in [0, 0.05) is 18.7 Å². The van der Waals surface area contributed by atoms with E-state index in [9.17, 15) is 23.3 Å². The first-order valence-corrected chi connectivity index (χ1v) is 8.88. The number of nitro groups is 1. The van der Waals surface area contributed by atoms with Crippen molar-refractivity contribution in [2.24, 2.45) is 0 Å². The van der Waals surface area contributed by atoms with Crippen molar-refractivity contribution < 1.29 is 18.1 Å². The van der Waals surface area contributed by atoms with Crippen LogP contribution in [0.5, 0.6) is 0 Å². The number of benzene rings is 2. The van der Waals surface area contributed by atoms with Crippen LogP contribution in [0.1, 0.15) is 15.9 Å². The zero-order valence-electron chi connectivity index (χ0n) is 13.4. The lowest BCUT2D eigenvalue weighted by molar-refractivity contribution is -0.385. The zero-order valence-corrected chi connectivity index (χ0v) is 14.2. The first-order chi connectivity index (χ1) is 11.8. The fourth-order valence-electron chi connectivity index (χ4n) is 2.22. The van der Waals surface area contributed by atoms with Gasteiger partial charge in [0.1, 0.15) is 5.56 Å². The summed E-state index contributed by atoms with van der Waals surface area (Å²) in [5, 5.41) is 13.6. The van der Waals surface area contributed by atoms with E-state index in [1.165, 1.54) is 18.2 Å². The third-order valence-corrected chi connectivity index (χ3v) is 4.90. The third kappa shape index (κ3) is 4.61. The molecule has 0 saturated carbocycles. The van der Waals surface area contributed by atoms with E-state index in [-0.39, 0.29) is 29.2 Å². The quantitative estimate of drug-likeness (QED) is 0.440. The monoisotopic (exact) mass is 363 g/mol. The molecule has 2 aromatic carbocycles. The summed E-state index contributed by atoms with van der Waals surface area (Å²) < 4.78 is 26.4. The standard InChI is InChI=1S/C16H17N3O5S/c1-12-6-5-9-14(15(12)19(21)22)16(20)17-10-11-18-25(23,24)13-7-3-2-4-8-13/h2-9,18H,10-11H2,1H3,(H,17,20). The molecule has 0 atom stereocenters. The number of carbonyl (C=O) groups excluding carboxylic acids is 1. The molecule has 0 aliphatic carbocycles. The van der Waals surface area contributed by atoms with Gasteiger partial charge in [0.15, 0.2) is 0 Å². The second-order valence-corrected chi connectivity index (χ2v) is 6.96. The Bertz CT molecular complexity index is 882. The Morgan fingerprint density at radius 2 is 1.76 bits per heavy atom. The molecule has 0 aromatic heterocycles. The number of para-hydroxylation sites is 1. The molecular weight excluding hydrogens is 346 g/mol. The number of nitrogens with one attached hydrogen (secondary N) is 2. The van der Waals surface area contributed by atoms with Gasteiger partial charge < -0.3 is 5.32 Å². The highest BCUT2D eigenvalue weighted by molar-refractivity contribution is 7.89. The maximum Gasteiger partial charge on any atom is 0.285 e. The van der Waals surface area contributed by atoms with Gasteiger partial charge in [-0.2, -0.15) is 0 Å². The Kier molecular flexibility index (Phi) is 5.84. The molecule has 25 heavy (non-hydrogen) atoms. The number of hydrogen-bond donors (Lipinski definition) is 2. The highest BCUT2D eigenvalue weighted by atomic mass is 32.2. The Balaban J connectivity index is 1.96. The number of nitrogens with zero attached hydrogens (tertiary/aromatic N) is 1. The van der Waals surface area contributed by atoms with Crippen molar-refractivity contribution >= 4 is 21.6 Å². The lowest BCUT2D eigenvalue weighted by Gasteiger charge is -2.09. The van der Waals surface area contributed by atoms with Crippen molar-refractivity contribution in [1.29, 1.82) is 0 Å². The SMILES string of the molecule is Cc1cccc(C(=O)NCCNS(=O)(=O)c2ccccc2)c1[N+](=O)[O-]. The zero-order chi connectivity index (χ0) is 18.4. The largest absolute Gasteiger partial charge is 0.351 e. The van der Waals surface area contributed by atoms with Gasteiger partial charge in [0.25, 0.3) is 11.6 Å². The van der Waals surface area contributed by atoms with Crippen LogP contribution in [0.3, 0.4) is 0 Å². The van der Waals surface area contributed by atoms with E-state index in [0.717, 1.165) is 0 Å². The van der Waals surface area contributed by atoms with Crippen molar-refractivity contribution in [2.75, 3.05) is 13.1 Å². The molecule has 9 heteroatoms. The molecule has 0 unspecified atom stereocenters. The summed E-state index contributed by atoms with van der Waals surface area (Å²) in [6.45, 7) is 1.50. The molecule has 2 aromatic rings. The molecule has 0 bridgehead atoms. The summed E-state index contributed by atoms with van der Waals surface area (Å²) in [5.41, 5.74) is 0.0585. The minimum Gasteiger partial charge on any atom is -0.351 e. The molecule has 2 rings (SSSR count). The number of amides is 1. The molecule has 132 valence electrons. The van der Waals surface area contributed by atoms with E-state index in [1.54, 1.807) is 37.3 Å². The van der Waals surface area contributed by atoms with Crippen molar-refractivity contribution in [3.05, 3.63) is 69.8 Å². The van der Waals surface area contributed by atoms with Crippen LogP contribution in [0.15, 0.2) is 53.4 Å². The number of aryl methyl sites for hydroxylation is 1. The van der Waals surface area contributed by atoms with Crippen LogP contribution < -0.4 is 10.0 Å². The molecule has 0 spiro atoms. The fraction of sp³-hybridized carbons (Fsp3) is 0.188. The molecule has 8 nitrogen and oxygen atoms in total. The number of rotatable bonds is 7. The Morgan fingerprint density at radius 1 is 1.08 bits per heavy atom. The Hall–Kier alpha value is -2.78. The topological polar surface area (TPSA) is 118 Å². The fourth-order valence-corrected chi connectivity index (χ4v) is 3.28. The Morgan fingerprint density at radius 3 is 2.40 bits per heavy atom. The van der Waals surface area contributed by atoms with E-state index >= 15 is 0 Å². The molecule has 0 radical (unpaired) electrons. The second-order valence-electron chi connectivity index (χ2n) is 5.19. The van der Waals surface area contributed by atoms with Crippen LogP contribution in [0.4, 0.5) is 5.69 Å². The van der Waals surface area contributed by atoms with Gasteiger partial charge in [-0.15, -0.1) is 0 Å². The summed E-state index contributed by atoms with van der Waals surface area (Å²) in [4.78, 5) is 22.7. The molecular formula is C16H17N3O5S. The summed E-state index contributed by atoms with van der Waals surface area (Å²) in [5.74, 6) is -0.630. The van der Waals surface area contributed by atoms with Crippen molar-refractivity contribution in [2.45, 2.75) is 11.8 Å². The van der Waals surface area contributed by atoms with E-state index in [2.05, 4.69) is 10.0 Å². The first kappa shape index (κ1) is 18.6. The molecule has 1 amide bonds. The smallest absolute Gasteiger partial charge is 0.285 e. The number of hydrogen-bond acceptors (Lipinski definition) is 5. The summed E-state index contributed by atoms with van der Waals surface area (Å²) in [6, 6.07) is 12.3. The molecule has 0 fully saturated rings. The van der Waals surface area contributed by atoms with Gasteiger partial charge in [-0.25, -0.2) is 13.1 Å². The van der Waals surface area contributed by atoms with Crippen LogP contribution in [-0.4, -0.2) is 32.3 Å². The van der Waals surface area contributed by atoms with Gasteiger partial charge >= 0.3 is 0 Å². The highest BCUT2D eigenvalue weighted by Gasteiger charge is 2.22. The molecule has 0 aliphatic rings. The van der Waals surface area contributed by atoms with Crippen LogP contribution in [0, 0.1) is 17.0 Å². The molecule has 0 aliphatic heterocycles. The lowest BCUT2D eigenvalue weighted by Crippen LogP contribution is -2.35. The normalized spacial score (nSPS) is 11.1. The third-order valence-electron chi connectivity index (χ3n) is 3.42. The highest BCUT2D eigenvalue weighted by Crippen LogP contribution is 2.22. The van der Waals surface area contributed by atoms with Gasteiger partial charge in [-0.05, 0) is 25.1 Å². The van der Waals surface area contributed by atoms with Gasteiger partial charge in [0.2, 0.25) is 10.0 Å². The number of carbonyl (C=O) groups is 1. The average molecular weight is 363 g/mol. The van der Waals surface area contributed by atoms with Crippen molar-refractivity contribution in [3.8, 4) is 0 Å². The number of nitro benzene ring substituents is 1. The first-order valence-electron chi connectivity index (χ1n) is 7.40. The van der Waals surface area contributed by atoms with Gasteiger partial charge in [-0.3, -0.25) is 14.9 Å². The minimum absolute atomic E-state index is 0.00398. The van der Waals surface area contributed by atoms with E-state index < -0.39 is 20.9 Å². The van der Waals surface area contributed by atoms with E-state index in [0.29, 0.717) is 5.56 Å². The Labute approximate surface area is 145 Å². The van der Waals surface area contributed by atoms with Crippen LogP contribution >= 0.6 is 0 Å². The maximum absolute atomic E-state index is 12.1. The average Bonchev–Trinajstić information content (AvgIpc) is 2.58. The van der Waals surface area contributed by atoms with E-state index in [4.69, 9.17) is 0 Å². The van der Waals surface area contributed by atoms with Crippen LogP contribution in [0.2, 0.25) is 0 Å². The van der Waals surface area contributed by atoms with Crippen molar-refractivity contribution in [3.63, 3.8) is 0 Å². The molecule has 2 N–H and O–H groups in total. The summed E-state index contributed by atoms with van der Waals surface area (Å²) in [6.07, 6.45) is 0.